The van der Waals surface area contributed by atoms with Gasteiger partial charge >= 0.3 is 5.69 Å². The molecule has 2 rings (SSSR count). The quantitative estimate of drug-likeness (QED) is 0.933. The molecule has 0 atom stereocenters. The lowest BCUT2D eigenvalue weighted by Crippen LogP contribution is -2.23. The van der Waals surface area contributed by atoms with Crippen LogP contribution in [0.25, 0.3) is 11.0 Å². The largest absolute Gasteiger partial charge is 0.329 e. The number of benzene rings is 1. The van der Waals surface area contributed by atoms with Gasteiger partial charge in [-0.05, 0) is 38.5 Å². The van der Waals surface area contributed by atoms with Crippen molar-refractivity contribution in [3.63, 3.8) is 0 Å². The highest BCUT2D eigenvalue weighted by Gasteiger charge is 2.14. The number of nitrogens with zero attached hydrogens (tertiary/aromatic N) is 3. The van der Waals surface area contributed by atoms with E-state index < -0.39 is 0 Å². The SMILES string of the molecule is CCn1c(=O)n(CC)c2cc(NC(=O)CC#N)c(C)cc21. The minimum atomic E-state index is -0.347. The third kappa shape index (κ3) is 2.55. The van der Waals surface area contributed by atoms with Gasteiger partial charge in [0.1, 0.15) is 6.42 Å². The van der Waals surface area contributed by atoms with Crippen LogP contribution in [0.4, 0.5) is 5.69 Å². The minimum Gasteiger partial charge on any atom is -0.325 e. The summed E-state index contributed by atoms with van der Waals surface area (Å²) in [4.78, 5) is 23.9. The summed E-state index contributed by atoms with van der Waals surface area (Å²) >= 11 is 0. The van der Waals surface area contributed by atoms with Crippen LogP contribution in [0, 0.1) is 18.3 Å². The average Bonchev–Trinajstić information content (AvgIpc) is 2.70. The molecule has 0 aliphatic carbocycles. The van der Waals surface area contributed by atoms with Gasteiger partial charge in [-0.1, -0.05) is 0 Å². The van der Waals surface area contributed by atoms with Crippen molar-refractivity contribution in [2.75, 3.05) is 5.32 Å². The Kier molecular flexibility index (Phi) is 4.13. The van der Waals surface area contributed by atoms with Crippen LogP contribution >= 0.6 is 0 Å². The number of hydrogen-bond acceptors (Lipinski definition) is 3. The molecule has 1 aromatic carbocycles. The van der Waals surface area contributed by atoms with E-state index in [0.29, 0.717) is 18.8 Å². The summed E-state index contributed by atoms with van der Waals surface area (Å²) in [5.41, 5.74) is 3.11. The molecule has 21 heavy (non-hydrogen) atoms. The van der Waals surface area contributed by atoms with Gasteiger partial charge in [0.05, 0.1) is 17.1 Å². The van der Waals surface area contributed by atoms with Gasteiger partial charge in [-0.25, -0.2) is 4.79 Å². The molecule has 0 fully saturated rings. The summed E-state index contributed by atoms with van der Waals surface area (Å²) < 4.78 is 3.39. The predicted molar refractivity (Wildman–Crippen MR) is 81.1 cm³/mol. The van der Waals surface area contributed by atoms with E-state index in [9.17, 15) is 9.59 Å². The summed E-state index contributed by atoms with van der Waals surface area (Å²) in [6, 6.07) is 5.52. The lowest BCUT2D eigenvalue weighted by Gasteiger charge is -2.09. The van der Waals surface area contributed by atoms with Crippen LogP contribution in [0.1, 0.15) is 25.8 Å². The summed E-state index contributed by atoms with van der Waals surface area (Å²) in [5, 5.41) is 11.3. The number of anilines is 1. The number of carbonyl (C=O) groups is 1. The fraction of sp³-hybridized carbons (Fsp3) is 0.400. The van der Waals surface area contributed by atoms with Gasteiger partial charge in [-0.3, -0.25) is 13.9 Å². The van der Waals surface area contributed by atoms with E-state index in [0.717, 1.165) is 16.6 Å². The second kappa shape index (κ2) is 5.83. The van der Waals surface area contributed by atoms with Gasteiger partial charge in [0.25, 0.3) is 0 Å². The maximum absolute atomic E-state index is 12.3. The van der Waals surface area contributed by atoms with Crippen molar-refractivity contribution < 1.29 is 4.79 Å². The predicted octanol–water partition coefficient (Wildman–Crippen LogP) is 2.00. The van der Waals surface area contributed by atoms with E-state index in [1.807, 2.05) is 32.9 Å². The van der Waals surface area contributed by atoms with Crippen LogP contribution in [0.5, 0.6) is 0 Å². The molecule has 6 heteroatoms. The van der Waals surface area contributed by atoms with Crippen LogP contribution in [-0.4, -0.2) is 15.0 Å². The molecule has 110 valence electrons. The van der Waals surface area contributed by atoms with Gasteiger partial charge in [0.2, 0.25) is 5.91 Å². The zero-order valence-electron chi connectivity index (χ0n) is 12.4. The van der Waals surface area contributed by atoms with Gasteiger partial charge in [0.15, 0.2) is 0 Å². The highest BCUT2D eigenvalue weighted by atomic mass is 16.2. The van der Waals surface area contributed by atoms with E-state index in [-0.39, 0.29) is 18.0 Å². The third-order valence-corrected chi connectivity index (χ3v) is 3.51. The Morgan fingerprint density at radius 3 is 2.33 bits per heavy atom. The van der Waals surface area contributed by atoms with Crippen LogP contribution in [0.2, 0.25) is 0 Å². The Hall–Kier alpha value is -2.55. The first kappa shape index (κ1) is 14.9. The van der Waals surface area contributed by atoms with E-state index in [2.05, 4.69) is 5.32 Å². The Labute approximate surface area is 122 Å². The molecule has 0 aliphatic rings. The smallest absolute Gasteiger partial charge is 0.325 e. The second-order valence-electron chi connectivity index (χ2n) is 4.81. The summed E-state index contributed by atoms with van der Waals surface area (Å²) in [6.45, 7) is 6.88. The van der Waals surface area contributed by atoms with Gasteiger partial charge in [-0.2, -0.15) is 5.26 Å². The van der Waals surface area contributed by atoms with Crippen molar-refractivity contribution in [3.05, 3.63) is 28.2 Å². The van der Waals surface area contributed by atoms with E-state index >= 15 is 0 Å². The van der Waals surface area contributed by atoms with Crippen molar-refractivity contribution in [1.82, 2.24) is 9.13 Å². The number of aromatic nitrogens is 2. The van der Waals surface area contributed by atoms with Gasteiger partial charge in [0, 0.05) is 18.8 Å². The van der Waals surface area contributed by atoms with Crippen LogP contribution in [0.15, 0.2) is 16.9 Å². The van der Waals surface area contributed by atoms with E-state index in [1.165, 1.54) is 0 Å². The van der Waals surface area contributed by atoms with Gasteiger partial charge < -0.3 is 5.32 Å². The van der Waals surface area contributed by atoms with Crippen molar-refractivity contribution >= 4 is 22.6 Å². The molecule has 0 bridgehead atoms. The molecular weight excluding hydrogens is 268 g/mol. The van der Waals surface area contributed by atoms with E-state index in [1.54, 1.807) is 15.2 Å². The molecular formula is C15H18N4O2. The number of aryl methyl sites for hydroxylation is 3. The standard InChI is InChI=1S/C15H18N4O2/c1-4-18-12-8-10(3)11(17-14(20)6-7-16)9-13(12)19(5-2)15(18)21/h8-9H,4-6H2,1-3H3,(H,17,20). The van der Waals surface area contributed by atoms with Crippen LogP contribution in [-0.2, 0) is 17.9 Å². The highest BCUT2D eigenvalue weighted by Crippen LogP contribution is 2.23. The Bertz CT molecular complexity index is 793. The molecule has 0 spiro atoms. The number of nitrogens with one attached hydrogen (secondary N) is 1. The van der Waals surface area contributed by atoms with Crippen molar-refractivity contribution in [3.8, 4) is 6.07 Å². The molecule has 1 amide bonds. The monoisotopic (exact) mass is 286 g/mol. The summed E-state index contributed by atoms with van der Waals surface area (Å²) in [6.07, 6.45) is -0.186. The van der Waals surface area contributed by atoms with Crippen LogP contribution < -0.4 is 11.0 Å². The van der Waals surface area contributed by atoms with Crippen molar-refractivity contribution in [1.29, 1.82) is 5.26 Å². The first-order chi connectivity index (χ1) is 10.0. The fourth-order valence-electron chi connectivity index (χ4n) is 2.48. The fourth-order valence-corrected chi connectivity index (χ4v) is 2.48. The molecule has 6 nitrogen and oxygen atoms in total. The zero-order valence-corrected chi connectivity index (χ0v) is 12.4. The Morgan fingerprint density at radius 2 is 1.81 bits per heavy atom. The first-order valence-corrected chi connectivity index (χ1v) is 6.93. The highest BCUT2D eigenvalue weighted by molar-refractivity contribution is 5.95. The number of imidazole rings is 1. The van der Waals surface area contributed by atoms with Crippen LogP contribution in [0.3, 0.4) is 0 Å². The molecule has 1 heterocycles. The summed E-state index contributed by atoms with van der Waals surface area (Å²) in [7, 11) is 0. The normalized spacial score (nSPS) is 10.6. The molecule has 2 aromatic rings. The Balaban J connectivity index is 2.62. The number of amides is 1. The Morgan fingerprint density at radius 1 is 1.24 bits per heavy atom. The number of carbonyl (C=O) groups excluding carboxylic acids is 1. The number of nitriles is 1. The molecule has 0 aliphatic heterocycles. The maximum Gasteiger partial charge on any atom is 0.329 e. The summed E-state index contributed by atoms with van der Waals surface area (Å²) in [5.74, 6) is -0.347. The lowest BCUT2D eigenvalue weighted by atomic mass is 10.1. The second-order valence-corrected chi connectivity index (χ2v) is 4.81. The topological polar surface area (TPSA) is 79.8 Å². The van der Waals surface area contributed by atoms with Crippen molar-refractivity contribution in [2.24, 2.45) is 0 Å². The lowest BCUT2D eigenvalue weighted by molar-refractivity contribution is -0.115. The number of hydrogen-bond donors (Lipinski definition) is 1. The molecule has 0 radical (unpaired) electrons. The third-order valence-electron chi connectivity index (χ3n) is 3.51. The zero-order chi connectivity index (χ0) is 15.6. The average molecular weight is 286 g/mol. The molecule has 0 unspecified atom stereocenters. The number of fused-ring (bicyclic) bond motifs is 1. The maximum atomic E-state index is 12.3. The molecule has 0 saturated heterocycles. The number of rotatable bonds is 4. The molecule has 0 saturated carbocycles. The first-order valence-electron chi connectivity index (χ1n) is 6.93. The minimum absolute atomic E-state index is 0.0464. The van der Waals surface area contributed by atoms with Crippen molar-refractivity contribution in [2.45, 2.75) is 40.3 Å². The van der Waals surface area contributed by atoms with Gasteiger partial charge in [-0.15, -0.1) is 0 Å². The molecule has 1 aromatic heterocycles. The molecule has 1 N–H and O–H groups in total. The van der Waals surface area contributed by atoms with E-state index in [4.69, 9.17) is 5.26 Å².